The van der Waals surface area contributed by atoms with Gasteiger partial charge in [0.05, 0.1) is 10.0 Å². The van der Waals surface area contributed by atoms with Crippen LogP contribution in [0.15, 0.2) is 42.5 Å². The molecule has 0 amide bonds. The van der Waals surface area contributed by atoms with Gasteiger partial charge in [-0.05, 0) is 24.3 Å². The second-order valence-electron chi connectivity index (χ2n) is 3.12. The standard InChI is InChI=1S/C12H8Cl2O2/c13-8-4-1-2-6-10(8)16-11-7-3-5-9(14)12(11)15/h1-7,15H. The van der Waals surface area contributed by atoms with Crippen LogP contribution in [0.3, 0.4) is 0 Å². The van der Waals surface area contributed by atoms with E-state index in [9.17, 15) is 5.11 Å². The van der Waals surface area contributed by atoms with Gasteiger partial charge in [-0.2, -0.15) is 0 Å². The molecular weight excluding hydrogens is 247 g/mol. The number of hydrogen-bond acceptors (Lipinski definition) is 2. The lowest BCUT2D eigenvalue weighted by atomic mass is 10.3. The molecule has 0 fully saturated rings. The minimum atomic E-state index is -0.0934. The number of para-hydroxylation sites is 2. The van der Waals surface area contributed by atoms with Gasteiger partial charge < -0.3 is 9.84 Å². The Hall–Kier alpha value is -1.38. The summed E-state index contributed by atoms with van der Waals surface area (Å²) < 4.78 is 5.45. The molecule has 2 aromatic rings. The molecule has 2 rings (SSSR count). The molecule has 0 unspecified atom stereocenters. The zero-order valence-corrected chi connectivity index (χ0v) is 9.66. The maximum Gasteiger partial charge on any atom is 0.177 e. The second kappa shape index (κ2) is 4.64. The highest BCUT2D eigenvalue weighted by atomic mass is 35.5. The third kappa shape index (κ3) is 2.23. The van der Waals surface area contributed by atoms with E-state index in [1.54, 1.807) is 42.5 Å². The van der Waals surface area contributed by atoms with Gasteiger partial charge in [-0.15, -0.1) is 0 Å². The minimum Gasteiger partial charge on any atom is -0.503 e. The number of phenolic OH excluding ortho intramolecular Hbond substituents is 1. The summed E-state index contributed by atoms with van der Waals surface area (Å²) >= 11 is 11.7. The topological polar surface area (TPSA) is 29.5 Å². The van der Waals surface area contributed by atoms with Crippen molar-refractivity contribution in [3.8, 4) is 17.2 Å². The van der Waals surface area contributed by atoms with E-state index in [4.69, 9.17) is 27.9 Å². The molecule has 2 aromatic carbocycles. The second-order valence-corrected chi connectivity index (χ2v) is 3.93. The first-order chi connectivity index (χ1) is 7.68. The van der Waals surface area contributed by atoms with Crippen molar-refractivity contribution < 1.29 is 9.84 Å². The first-order valence-corrected chi connectivity index (χ1v) is 5.34. The van der Waals surface area contributed by atoms with Crippen molar-refractivity contribution in [1.29, 1.82) is 0 Å². The minimum absolute atomic E-state index is 0.0934. The van der Waals surface area contributed by atoms with E-state index in [-0.39, 0.29) is 16.5 Å². The van der Waals surface area contributed by atoms with Crippen molar-refractivity contribution in [2.24, 2.45) is 0 Å². The number of benzene rings is 2. The highest BCUT2D eigenvalue weighted by Gasteiger charge is 2.08. The molecule has 16 heavy (non-hydrogen) atoms. The molecule has 0 heterocycles. The van der Waals surface area contributed by atoms with Crippen molar-refractivity contribution in [3.63, 3.8) is 0 Å². The molecule has 0 spiro atoms. The molecule has 0 saturated carbocycles. The Bertz CT molecular complexity index is 512. The fourth-order valence-electron chi connectivity index (χ4n) is 1.22. The Balaban J connectivity index is 2.35. The molecule has 4 heteroatoms. The van der Waals surface area contributed by atoms with Gasteiger partial charge >= 0.3 is 0 Å². The maximum absolute atomic E-state index is 9.65. The zero-order chi connectivity index (χ0) is 11.5. The van der Waals surface area contributed by atoms with Gasteiger partial charge in [0.25, 0.3) is 0 Å². The van der Waals surface area contributed by atoms with Crippen molar-refractivity contribution in [2.75, 3.05) is 0 Å². The molecule has 0 bridgehead atoms. The third-order valence-electron chi connectivity index (χ3n) is 2.01. The predicted molar refractivity (Wildman–Crippen MR) is 64.6 cm³/mol. The quantitative estimate of drug-likeness (QED) is 0.856. The molecule has 0 aliphatic heterocycles. The first-order valence-electron chi connectivity index (χ1n) is 4.58. The van der Waals surface area contributed by atoms with E-state index in [2.05, 4.69) is 0 Å². The number of aromatic hydroxyl groups is 1. The fraction of sp³-hybridized carbons (Fsp3) is 0. The lowest BCUT2D eigenvalue weighted by Gasteiger charge is -2.09. The summed E-state index contributed by atoms with van der Waals surface area (Å²) in [5, 5.41) is 10.4. The average molecular weight is 255 g/mol. The number of ether oxygens (including phenoxy) is 1. The van der Waals surface area contributed by atoms with Crippen LogP contribution in [0.2, 0.25) is 10.0 Å². The summed E-state index contributed by atoms with van der Waals surface area (Å²) in [7, 11) is 0. The van der Waals surface area contributed by atoms with Crippen LogP contribution in [0.5, 0.6) is 17.2 Å². The van der Waals surface area contributed by atoms with Crippen LogP contribution in [0.25, 0.3) is 0 Å². The van der Waals surface area contributed by atoms with Gasteiger partial charge in [-0.25, -0.2) is 0 Å². The number of rotatable bonds is 2. The van der Waals surface area contributed by atoms with Gasteiger partial charge in [0.2, 0.25) is 0 Å². The normalized spacial score (nSPS) is 10.1. The molecule has 0 aliphatic rings. The summed E-state index contributed by atoms with van der Waals surface area (Å²) in [5.41, 5.74) is 0. The summed E-state index contributed by atoms with van der Waals surface area (Å²) in [6.07, 6.45) is 0. The molecule has 0 atom stereocenters. The smallest absolute Gasteiger partial charge is 0.177 e. The van der Waals surface area contributed by atoms with Crippen LogP contribution >= 0.6 is 23.2 Å². The van der Waals surface area contributed by atoms with Crippen LogP contribution in [0.4, 0.5) is 0 Å². The molecule has 0 saturated heterocycles. The summed E-state index contributed by atoms with van der Waals surface area (Å²) in [4.78, 5) is 0. The van der Waals surface area contributed by atoms with Crippen LogP contribution in [-0.4, -0.2) is 5.11 Å². The summed E-state index contributed by atoms with van der Waals surface area (Å²) in [6.45, 7) is 0. The predicted octanol–water partition coefficient (Wildman–Crippen LogP) is 4.49. The van der Waals surface area contributed by atoms with Gasteiger partial charge in [0, 0.05) is 0 Å². The maximum atomic E-state index is 9.65. The van der Waals surface area contributed by atoms with Crippen LogP contribution < -0.4 is 4.74 Å². The molecule has 0 aromatic heterocycles. The van der Waals surface area contributed by atoms with E-state index in [0.29, 0.717) is 10.8 Å². The number of phenols is 1. The van der Waals surface area contributed by atoms with Crippen LogP contribution in [-0.2, 0) is 0 Å². The van der Waals surface area contributed by atoms with Crippen LogP contribution in [0.1, 0.15) is 0 Å². The van der Waals surface area contributed by atoms with Crippen molar-refractivity contribution in [3.05, 3.63) is 52.5 Å². The van der Waals surface area contributed by atoms with Gasteiger partial charge in [0.1, 0.15) is 5.75 Å². The lowest BCUT2D eigenvalue weighted by molar-refractivity contribution is 0.411. The molecule has 0 radical (unpaired) electrons. The Labute approximate surface area is 103 Å². The summed E-state index contributed by atoms with van der Waals surface area (Å²) in [6, 6.07) is 11.9. The van der Waals surface area contributed by atoms with E-state index in [0.717, 1.165) is 0 Å². The molecular formula is C12H8Cl2O2. The zero-order valence-electron chi connectivity index (χ0n) is 8.15. The average Bonchev–Trinajstić information content (AvgIpc) is 2.28. The van der Waals surface area contributed by atoms with E-state index < -0.39 is 0 Å². The molecule has 2 nitrogen and oxygen atoms in total. The van der Waals surface area contributed by atoms with E-state index >= 15 is 0 Å². The Morgan fingerprint density at radius 2 is 1.44 bits per heavy atom. The van der Waals surface area contributed by atoms with E-state index in [1.165, 1.54) is 0 Å². The Morgan fingerprint density at radius 3 is 2.19 bits per heavy atom. The molecule has 0 aliphatic carbocycles. The van der Waals surface area contributed by atoms with Gasteiger partial charge in [-0.1, -0.05) is 41.4 Å². The van der Waals surface area contributed by atoms with Gasteiger partial charge in [-0.3, -0.25) is 0 Å². The Kier molecular flexibility index (Phi) is 3.22. The van der Waals surface area contributed by atoms with E-state index in [1.807, 2.05) is 0 Å². The highest BCUT2D eigenvalue weighted by molar-refractivity contribution is 6.32. The fourth-order valence-corrected chi connectivity index (χ4v) is 1.56. The van der Waals surface area contributed by atoms with Gasteiger partial charge in [0.15, 0.2) is 11.5 Å². The highest BCUT2D eigenvalue weighted by Crippen LogP contribution is 2.38. The van der Waals surface area contributed by atoms with Crippen molar-refractivity contribution in [2.45, 2.75) is 0 Å². The monoisotopic (exact) mass is 254 g/mol. The number of hydrogen-bond donors (Lipinski definition) is 1. The van der Waals surface area contributed by atoms with Crippen LogP contribution in [0, 0.1) is 0 Å². The number of halogens is 2. The third-order valence-corrected chi connectivity index (χ3v) is 2.62. The lowest BCUT2D eigenvalue weighted by Crippen LogP contribution is -1.85. The summed E-state index contributed by atoms with van der Waals surface area (Å²) in [5.74, 6) is 0.659. The largest absolute Gasteiger partial charge is 0.503 e. The first kappa shape index (κ1) is 11.1. The van der Waals surface area contributed by atoms with Crippen molar-refractivity contribution in [1.82, 2.24) is 0 Å². The molecule has 82 valence electrons. The SMILES string of the molecule is Oc1c(Cl)cccc1Oc1ccccc1Cl. The molecule has 1 N–H and O–H groups in total. The van der Waals surface area contributed by atoms with Crippen molar-refractivity contribution >= 4 is 23.2 Å². The Morgan fingerprint density at radius 1 is 0.812 bits per heavy atom.